The number of hydrogen-bond acceptors (Lipinski definition) is 3. The van der Waals surface area contributed by atoms with Gasteiger partial charge >= 0.3 is 0 Å². The molecule has 0 bridgehead atoms. The lowest BCUT2D eigenvalue weighted by Crippen LogP contribution is -1.95. The van der Waals surface area contributed by atoms with E-state index >= 15 is 0 Å². The molecule has 0 fully saturated rings. The first kappa shape index (κ1) is 8.47. The van der Waals surface area contributed by atoms with E-state index in [0.29, 0.717) is 0 Å². The average molecular weight is 199 g/mol. The minimum atomic E-state index is 0.820. The summed E-state index contributed by atoms with van der Waals surface area (Å²) in [6.45, 7) is 3.93. The van der Waals surface area contributed by atoms with Gasteiger partial charge in [-0.2, -0.15) is 0 Å². The minimum absolute atomic E-state index is 0.820. The molecule has 2 aromatic rings. The number of nitrogens with zero attached hydrogens (tertiary/aromatic N) is 3. The number of pyridine rings is 1. The summed E-state index contributed by atoms with van der Waals surface area (Å²) >= 11 is 0. The molecule has 0 saturated heterocycles. The van der Waals surface area contributed by atoms with E-state index in [4.69, 9.17) is 0 Å². The minimum Gasteiger partial charge on any atom is -0.354 e. The third-order valence-electron chi connectivity index (χ3n) is 2.49. The Balaban J connectivity index is 2.06. The van der Waals surface area contributed by atoms with E-state index in [1.165, 1.54) is 5.56 Å². The number of imidazole rings is 1. The number of aromatic nitrogens is 3. The predicted octanol–water partition coefficient (Wildman–Crippen LogP) is 1.48. The SMILES string of the molecule is Cc1ccnc(-c2[c]n3c(n2)NCC3)c1. The van der Waals surface area contributed by atoms with Crippen LogP contribution in [0.15, 0.2) is 18.3 Å². The zero-order valence-electron chi connectivity index (χ0n) is 8.49. The number of hydrogen-bond donors (Lipinski definition) is 1. The zero-order valence-corrected chi connectivity index (χ0v) is 8.49. The van der Waals surface area contributed by atoms with Crippen molar-refractivity contribution in [3.63, 3.8) is 0 Å². The van der Waals surface area contributed by atoms with Crippen molar-refractivity contribution in [3.8, 4) is 11.4 Å². The van der Waals surface area contributed by atoms with Crippen molar-refractivity contribution in [2.24, 2.45) is 0 Å². The quantitative estimate of drug-likeness (QED) is 0.756. The van der Waals surface area contributed by atoms with Gasteiger partial charge in [0, 0.05) is 19.3 Å². The number of nitrogens with one attached hydrogen (secondary N) is 1. The molecule has 0 aromatic carbocycles. The van der Waals surface area contributed by atoms with Crippen molar-refractivity contribution in [1.82, 2.24) is 14.5 Å². The maximum Gasteiger partial charge on any atom is 0.204 e. The van der Waals surface area contributed by atoms with E-state index in [1.54, 1.807) is 6.20 Å². The monoisotopic (exact) mass is 199 g/mol. The average Bonchev–Trinajstić information content (AvgIpc) is 2.76. The molecule has 0 spiro atoms. The standard InChI is InChI=1S/C11H11N4/c1-8-2-3-12-9(6-8)10-7-15-5-4-13-11(15)14-10/h2-3,6H,4-5H2,1H3,(H,13,14). The van der Waals surface area contributed by atoms with Crippen molar-refractivity contribution in [2.45, 2.75) is 13.5 Å². The Kier molecular flexibility index (Phi) is 1.74. The summed E-state index contributed by atoms with van der Waals surface area (Å²) in [5.41, 5.74) is 2.90. The van der Waals surface area contributed by atoms with Crippen LogP contribution in [-0.4, -0.2) is 21.1 Å². The van der Waals surface area contributed by atoms with Crippen LogP contribution in [0.3, 0.4) is 0 Å². The van der Waals surface area contributed by atoms with Crippen LogP contribution in [0.25, 0.3) is 11.4 Å². The Morgan fingerprint density at radius 3 is 3.27 bits per heavy atom. The third-order valence-corrected chi connectivity index (χ3v) is 2.49. The lowest BCUT2D eigenvalue weighted by Gasteiger charge is -1.96. The van der Waals surface area contributed by atoms with Crippen LogP contribution < -0.4 is 5.32 Å². The second kappa shape index (κ2) is 3.08. The summed E-state index contributed by atoms with van der Waals surface area (Å²) in [5.74, 6) is 0.897. The van der Waals surface area contributed by atoms with Gasteiger partial charge in [0.2, 0.25) is 5.95 Å². The molecule has 0 aliphatic carbocycles. The fourth-order valence-electron chi connectivity index (χ4n) is 1.73. The van der Waals surface area contributed by atoms with Crippen molar-refractivity contribution in [2.75, 3.05) is 11.9 Å². The summed E-state index contributed by atoms with van der Waals surface area (Å²) in [4.78, 5) is 8.72. The zero-order chi connectivity index (χ0) is 10.3. The first-order valence-electron chi connectivity index (χ1n) is 5.00. The molecule has 2 aromatic heterocycles. The molecule has 3 heterocycles. The van der Waals surface area contributed by atoms with E-state index in [-0.39, 0.29) is 0 Å². The molecule has 4 nitrogen and oxygen atoms in total. The van der Waals surface area contributed by atoms with Gasteiger partial charge in [-0.15, -0.1) is 0 Å². The van der Waals surface area contributed by atoms with Gasteiger partial charge in [0.05, 0.1) is 11.9 Å². The highest BCUT2D eigenvalue weighted by molar-refractivity contribution is 5.56. The Morgan fingerprint density at radius 1 is 1.53 bits per heavy atom. The molecule has 0 amide bonds. The van der Waals surface area contributed by atoms with Crippen LogP contribution in [0.5, 0.6) is 0 Å². The largest absolute Gasteiger partial charge is 0.354 e. The molecular weight excluding hydrogens is 188 g/mol. The first-order chi connectivity index (χ1) is 7.33. The van der Waals surface area contributed by atoms with E-state index < -0.39 is 0 Å². The maximum absolute atomic E-state index is 4.44. The van der Waals surface area contributed by atoms with Crippen LogP contribution in [0.4, 0.5) is 5.95 Å². The summed E-state index contributed by atoms with van der Waals surface area (Å²) in [5, 5.41) is 3.20. The van der Waals surface area contributed by atoms with Crippen molar-refractivity contribution in [3.05, 3.63) is 30.1 Å². The molecule has 0 atom stereocenters. The lowest BCUT2D eigenvalue weighted by molar-refractivity contribution is 0.804. The van der Waals surface area contributed by atoms with Gasteiger partial charge in [0.1, 0.15) is 5.69 Å². The molecule has 0 unspecified atom stereocenters. The molecule has 75 valence electrons. The van der Waals surface area contributed by atoms with E-state index in [1.807, 2.05) is 23.6 Å². The highest BCUT2D eigenvalue weighted by Gasteiger charge is 2.14. The van der Waals surface area contributed by atoms with Crippen molar-refractivity contribution >= 4 is 5.95 Å². The molecular formula is C11H11N4. The molecule has 4 heteroatoms. The number of anilines is 1. The Bertz CT molecular complexity index is 480. The molecule has 1 aliphatic rings. The maximum atomic E-state index is 4.44. The van der Waals surface area contributed by atoms with Crippen LogP contribution in [0.1, 0.15) is 5.56 Å². The van der Waals surface area contributed by atoms with E-state index in [9.17, 15) is 0 Å². The fraction of sp³-hybridized carbons (Fsp3) is 0.273. The molecule has 15 heavy (non-hydrogen) atoms. The highest BCUT2D eigenvalue weighted by Crippen LogP contribution is 2.21. The van der Waals surface area contributed by atoms with E-state index in [2.05, 4.69) is 21.5 Å². The second-order valence-electron chi connectivity index (χ2n) is 3.69. The van der Waals surface area contributed by atoms with Gasteiger partial charge in [0.25, 0.3) is 0 Å². The Hall–Kier alpha value is -1.84. The predicted molar refractivity (Wildman–Crippen MR) is 57.5 cm³/mol. The molecule has 0 saturated carbocycles. The van der Waals surface area contributed by atoms with Crippen LogP contribution in [0, 0.1) is 13.1 Å². The van der Waals surface area contributed by atoms with E-state index in [0.717, 1.165) is 30.4 Å². The highest BCUT2D eigenvalue weighted by atomic mass is 15.3. The van der Waals surface area contributed by atoms with Gasteiger partial charge < -0.3 is 9.88 Å². The van der Waals surface area contributed by atoms with Crippen LogP contribution in [-0.2, 0) is 6.54 Å². The Labute approximate surface area is 88.0 Å². The topological polar surface area (TPSA) is 42.7 Å². The summed E-state index contributed by atoms with van der Waals surface area (Å²) in [6.07, 6.45) is 5.02. The third kappa shape index (κ3) is 1.38. The first-order valence-corrected chi connectivity index (χ1v) is 5.00. The van der Waals surface area contributed by atoms with Crippen molar-refractivity contribution < 1.29 is 0 Å². The summed E-state index contributed by atoms with van der Waals surface area (Å²) in [7, 11) is 0. The molecule has 1 radical (unpaired) electrons. The number of fused-ring (bicyclic) bond motifs is 1. The molecule has 1 aliphatic heterocycles. The molecule has 3 rings (SSSR count). The summed E-state index contributed by atoms with van der Waals surface area (Å²) < 4.78 is 2.00. The lowest BCUT2D eigenvalue weighted by atomic mass is 10.2. The molecule has 1 N–H and O–H groups in total. The van der Waals surface area contributed by atoms with Gasteiger partial charge in [0.15, 0.2) is 0 Å². The fourth-order valence-corrected chi connectivity index (χ4v) is 1.73. The van der Waals surface area contributed by atoms with Gasteiger partial charge in [-0.25, -0.2) is 4.98 Å². The van der Waals surface area contributed by atoms with Crippen LogP contribution >= 0.6 is 0 Å². The second-order valence-corrected chi connectivity index (χ2v) is 3.69. The van der Waals surface area contributed by atoms with Gasteiger partial charge in [-0.1, -0.05) is 0 Å². The normalized spacial score (nSPS) is 13.7. The summed E-state index contributed by atoms with van der Waals surface area (Å²) in [6, 6.07) is 4.00. The smallest absolute Gasteiger partial charge is 0.204 e. The number of rotatable bonds is 1. The number of aryl methyl sites for hydroxylation is 1. The van der Waals surface area contributed by atoms with Crippen molar-refractivity contribution in [1.29, 1.82) is 0 Å². The van der Waals surface area contributed by atoms with Gasteiger partial charge in [-0.3, -0.25) is 4.98 Å². The van der Waals surface area contributed by atoms with Crippen LogP contribution in [0.2, 0.25) is 0 Å². The Morgan fingerprint density at radius 2 is 2.47 bits per heavy atom. The van der Waals surface area contributed by atoms with Gasteiger partial charge in [-0.05, 0) is 24.6 Å².